The molecule has 0 aliphatic heterocycles. The molecule has 1 aromatic heterocycles. The molecule has 0 saturated carbocycles. The molecule has 0 unspecified atom stereocenters. The number of carbonyl (C=O) groups is 1. The Labute approximate surface area is 142 Å². The van der Waals surface area contributed by atoms with Gasteiger partial charge in [-0.15, -0.1) is 10.2 Å². The van der Waals surface area contributed by atoms with E-state index >= 15 is 0 Å². The number of aromatic nitrogens is 2. The predicted octanol–water partition coefficient (Wildman–Crippen LogP) is 3.30. The number of alkyl halides is 2. The van der Waals surface area contributed by atoms with Crippen molar-refractivity contribution in [3.63, 3.8) is 0 Å². The minimum absolute atomic E-state index is 0.00162. The first-order valence-electron chi connectivity index (χ1n) is 7.32. The van der Waals surface area contributed by atoms with Gasteiger partial charge >= 0.3 is 6.61 Å². The van der Waals surface area contributed by atoms with E-state index in [0.717, 1.165) is 11.8 Å². The van der Waals surface area contributed by atoms with E-state index in [0.29, 0.717) is 18.7 Å². The lowest BCUT2D eigenvalue weighted by molar-refractivity contribution is -0.127. The van der Waals surface area contributed by atoms with Gasteiger partial charge in [0.25, 0.3) is 5.22 Å². The van der Waals surface area contributed by atoms with Gasteiger partial charge in [0, 0.05) is 18.7 Å². The van der Waals surface area contributed by atoms with E-state index in [1.807, 2.05) is 13.8 Å². The number of benzene rings is 1. The zero-order chi connectivity index (χ0) is 17.5. The van der Waals surface area contributed by atoms with Crippen molar-refractivity contribution in [3.05, 3.63) is 24.3 Å². The first kappa shape index (κ1) is 18.2. The summed E-state index contributed by atoms with van der Waals surface area (Å²) in [6, 6.07) is 5.87. The number of nitrogens with zero attached hydrogens (tertiary/aromatic N) is 3. The van der Waals surface area contributed by atoms with Crippen LogP contribution in [-0.4, -0.2) is 46.5 Å². The third-order valence-corrected chi connectivity index (χ3v) is 3.97. The normalized spacial score (nSPS) is 10.9. The smallest absolute Gasteiger partial charge is 0.387 e. The average molecular weight is 357 g/mol. The third kappa shape index (κ3) is 4.92. The summed E-state index contributed by atoms with van der Waals surface area (Å²) in [6.07, 6.45) is 0. The van der Waals surface area contributed by atoms with E-state index in [9.17, 15) is 13.6 Å². The van der Waals surface area contributed by atoms with Crippen LogP contribution in [0.2, 0.25) is 0 Å². The van der Waals surface area contributed by atoms with Crippen LogP contribution < -0.4 is 4.74 Å². The van der Waals surface area contributed by atoms with Gasteiger partial charge in [0.2, 0.25) is 11.8 Å². The fraction of sp³-hybridized carbons (Fsp3) is 0.400. The predicted molar refractivity (Wildman–Crippen MR) is 85.0 cm³/mol. The Hall–Kier alpha value is -2.16. The average Bonchev–Trinajstić information content (AvgIpc) is 3.03. The largest absolute Gasteiger partial charge is 0.435 e. The summed E-state index contributed by atoms with van der Waals surface area (Å²) in [5.74, 6) is 0.507. The summed E-state index contributed by atoms with van der Waals surface area (Å²) in [5, 5.41) is 8.04. The van der Waals surface area contributed by atoms with Crippen LogP contribution in [0.1, 0.15) is 13.8 Å². The van der Waals surface area contributed by atoms with E-state index in [-0.39, 0.29) is 28.5 Å². The maximum absolute atomic E-state index is 12.1. The maximum atomic E-state index is 12.1. The van der Waals surface area contributed by atoms with Crippen molar-refractivity contribution >= 4 is 17.7 Å². The lowest BCUT2D eigenvalue weighted by atomic mass is 10.2. The van der Waals surface area contributed by atoms with Crippen molar-refractivity contribution in [2.45, 2.75) is 25.7 Å². The number of hydrogen-bond acceptors (Lipinski definition) is 6. The molecule has 1 amide bonds. The molecule has 0 fully saturated rings. The minimum Gasteiger partial charge on any atom is -0.435 e. The number of thioether (sulfide) groups is 1. The standard InChI is InChI=1S/C15H17F2N3O3S/c1-3-20(4-2)12(21)9-24-15-19-18-13(23-15)10-5-7-11(8-6-10)22-14(16)17/h5-8,14H,3-4,9H2,1-2H3. The lowest BCUT2D eigenvalue weighted by Crippen LogP contribution is -2.31. The second kappa shape index (κ2) is 8.62. The molecule has 0 bridgehead atoms. The number of hydrogen-bond donors (Lipinski definition) is 0. The van der Waals surface area contributed by atoms with E-state index in [1.165, 1.54) is 12.1 Å². The summed E-state index contributed by atoms with van der Waals surface area (Å²) in [5.41, 5.74) is 0.575. The van der Waals surface area contributed by atoms with Crippen LogP contribution in [0.4, 0.5) is 8.78 Å². The first-order valence-corrected chi connectivity index (χ1v) is 8.31. The van der Waals surface area contributed by atoms with Gasteiger partial charge in [0.05, 0.1) is 5.75 Å². The number of halogens is 2. The molecular formula is C15H17F2N3O3S. The molecule has 0 aliphatic carbocycles. The molecule has 0 spiro atoms. The quantitative estimate of drug-likeness (QED) is 0.675. The molecular weight excluding hydrogens is 340 g/mol. The molecule has 1 heterocycles. The molecule has 24 heavy (non-hydrogen) atoms. The molecule has 0 N–H and O–H groups in total. The van der Waals surface area contributed by atoms with E-state index in [2.05, 4.69) is 14.9 Å². The van der Waals surface area contributed by atoms with Crippen LogP contribution in [0.3, 0.4) is 0 Å². The van der Waals surface area contributed by atoms with Crippen LogP contribution in [0.15, 0.2) is 33.9 Å². The molecule has 0 aliphatic rings. The number of ether oxygens (including phenoxy) is 1. The fourth-order valence-corrected chi connectivity index (χ4v) is 2.62. The number of rotatable bonds is 8. The summed E-state index contributed by atoms with van der Waals surface area (Å²) in [4.78, 5) is 13.6. The minimum atomic E-state index is -2.87. The van der Waals surface area contributed by atoms with Gasteiger partial charge in [-0.25, -0.2) is 0 Å². The monoisotopic (exact) mass is 357 g/mol. The maximum Gasteiger partial charge on any atom is 0.387 e. The van der Waals surface area contributed by atoms with Crippen molar-refractivity contribution in [1.82, 2.24) is 15.1 Å². The molecule has 0 radical (unpaired) electrons. The van der Waals surface area contributed by atoms with Crippen LogP contribution in [0.25, 0.3) is 11.5 Å². The van der Waals surface area contributed by atoms with Gasteiger partial charge in [-0.2, -0.15) is 8.78 Å². The molecule has 130 valence electrons. The highest BCUT2D eigenvalue weighted by Crippen LogP contribution is 2.25. The zero-order valence-corrected chi connectivity index (χ0v) is 14.1. The molecule has 9 heteroatoms. The van der Waals surface area contributed by atoms with Crippen molar-refractivity contribution in [2.75, 3.05) is 18.8 Å². The fourth-order valence-electron chi connectivity index (χ4n) is 1.95. The van der Waals surface area contributed by atoms with Crippen LogP contribution in [-0.2, 0) is 4.79 Å². The zero-order valence-electron chi connectivity index (χ0n) is 13.2. The lowest BCUT2D eigenvalue weighted by Gasteiger charge is -2.17. The van der Waals surface area contributed by atoms with Gasteiger partial charge in [0.15, 0.2) is 0 Å². The van der Waals surface area contributed by atoms with Gasteiger partial charge in [-0.3, -0.25) is 4.79 Å². The van der Waals surface area contributed by atoms with Gasteiger partial charge in [-0.1, -0.05) is 11.8 Å². The Morgan fingerprint density at radius 3 is 2.50 bits per heavy atom. The van der Waals surface area contributed by atoms with E-state index in [4.69, 9.17) is 4.42 Å². The summed E-state index contributed by atoms with van der Waals surface area (Å²) < 4.78 is 34.0. The molecule has 2 aromatic rings. The number of amides is 1. The SMILES string of the molecule is CCN(CC)C(=O)CSc1nnc(-c2ccc(OC(F)F)cc2)o1. The highest BCUT2D eigenvalue weighted by atomic mass is 32.2. The molecule has 2 rings (SSSR count). The summed E-state index contributed by atoms with van der Waals surface area (Å²) in [6.45, 7) is 2.26. The molecule has 6 nitrogen and oxygen atoms in total. The van der Waals surface area contributed by atoms with Crippen molar-refractivity contribution < 1.29 is 22.7 Å². The second-order valence-electron chi connectivity index (χ2n) is 4.63. The van der Waals surface area contributed by atoms with Crippen LogP contribution in [0.5, 0.6) is 5.75 Å². The van der Waals surface area contributed by atoms with E-state index < -0.39 is 6.61 Å². The highest BCUT2D eigenvalue weighted by molar-refractivity contribution is 7.99. The first-order chi connectivity index (χ1) is 11.5. The van der Waals surface area contributed by atoms with Crippen molar-refractivity contribution in [2.24, 2.45) is 0 Å². The Balaban J connectivity index is 1.96. The second-order valence-corrected chi connectivity index (χ2v) is 5.56. The highest BCUT2D eigenvalue weighted by Gasteiger charge is 2.14. The molecule has 0 atom stereocenters. The third-order valence-electron chi connectivity index (χ3n) is 3.17. The Morgan fingerprint density at radius 1 is 1.25 bits per heavy atom. The Bertz CT molecular complexity index is 660. The van der Waals surface area contributed by atoms with Crippen molar-refractivity contribution in [1.29, 1.82) is 0 Å². The Kier molecular flexibility index (Phi) is 6.53. The van der Waals surface area contributed by atoms with Gasteiger partial charge in [0.1, 0.15) is 5.75 Å². The van der Waals surface area contributed by atoms with Crippen LogP contribution >= 0.6 is 11.8 Å². The molecule has 1 aromatic carbocycles. The topological polar surface area (TPSA) is 68.5 Å². The van der Waals surface area contributed by atoms with Gasteiger partial charge in [-0.05, 0) is 38.1 Å². The summed E-state index contributed by atoms with van der Waals surface area (Å²) in [7, 11) is 0. The molecule has 0 saturated heterocycles. The summed E-state index contributed by atoms with van der Waals surface area (Å²) >= 11 is 1.16. The van der Waals surface area contributed by atoms with E-state index in [1.54, 1.807) is 17.0 Å². The van der Waals surface area contributed by atoms with Crippen molar-refractivity contribution in [3.8, 4) is 17.2 Å². The van der Waals surface area contributed by atoms with Gasteiger partial charge < -0.3 is 14.1 Å². The Morgan fingerprint density at radius 2 is 1.92 bits per heavy atom. The van der Waals surface area contributed by atoms with Crippen LogP contribution in [0, 0.1) is 0 Å². The number of carbonyl (C=O) groups excluding carboxylic acids is 1.